The van der Waals surface area contributed by atoms with Crippen LogP contribution in [-0.4, -0.2) is 9.38 Å². The van der Waals surface area contributed by atoms with Gasteiger partial charge in [-0.05, 0) is 49.7 Å². The van der Waals surface area contributed by atoms with Crippen molar-refractivity contribution >= 4 is 28.8 Å². The van der Waals surface area contributed by atoms with E-state index in [0.29, 0.717) is 5.02 Å². The summed E-state index contributed by atoms with van der Waals surface area (Å²) in [6.45, 7) is 3.89. The highest BCUT2D eigenvalue weighted by Crippen LogP contribution is 2.26. The Morgan fingerprint density at radius 3 is 2.75 bits per heavy atom. The number of benzene rings is 1. The smallest absolute Gasteiger partial charge is 0.182 e. The molecule has 1 aromatic carbocycles. The highest BCUT2D eigenvalue weighted by molar-refractivity contribution is 6.30. The fourth-order valence-electron chi connectivity index (χ4n) is 2.05. The summed E-state index contributed by atoms with van der Waals surface area (Å²) in [5.74, 6) is 0.745. The van der Waals surface area contributed by atoms with Gasteiger partial charge in [0.25, 0.3) is 0 Å². The molecule has 0 atom stereocenters. The Hall–Kier alpha value is -2.20. The first-order chi connectivity index (χ1) is 9.65. The lowest BCUT2D eigenvalue weighted by molar-refractivity contribution is 1.09. The Morgan fingerprint density at radius 1 is 1.10 bits per heavy atom. The van der Waals surface area contributed by atoms with Crippen molar-refractivity contribution < 1.29 is 0 Å². The van der Waals surface area contributed by atoms with Gasteiger partial charge in [0.15, 0.2) is 5.82 Å². The van der Waals surface area contributed by atoms with Crippen molar-refractivity contribution in [3.63, 3.8) is 0 Å². The second kappa shape index (κ2) is 5.06. The summed E-state index contributed by atoms with van der Waals surface area (Å²) in [6.07, 6.45) is 1.93. The number of nitrogens with zero attached hydrogens (tertiary/aromatic N) is 4. The summed E-state index contributed by atoms with van der Waals surface area (Å²) in [7, 11) is 0. The summed E-state index contributed by atoms with van der Waals surface area (Å²) in [5, 5.41) is 9.34. The van der Waals surface area contributed by atoms with Gasteiger partial charge in [-0.2, -0.15) is 0 Å². The molecule has 0 unspecified atom stereocenters. The maximum absolute atomic E-state index is 5.93. The van der Waals surface area contributed by atoms with Crippen LogP contribution in [0.5, 0.6) is 0 Å². The minimum atomic E-state index is 0.701. The van der Waals surface area contributed by atoms with Gasteiger partial charge in [-0.25, -0.2) is 4.98 Å². The molecule has 20 heavy (non-hydrogen) atoms. The van der Waals surface area contributed by atoms with Crippen molar-refractivity contribution in [2.75, 3.05) is 0 Å². The summed E-state index contributed by atoms with van der Waals surface area (Å²) >= 11 is 5.93. The van der Waals surface area contributed by atoms with Gasteiger partial charge in [-0.3, -0.25) is 4.40 Å². The lowest BCUT2D eigenvalue weighted by Gasteiger charge is -1.99. The Bertz CT molecular complexity index is 805. The molecule has 0 spiro atoms. The van der Waals surface area contributed by atoms with E-state index in [1.165, 1.54) is 0 Å². The van der Waals surface area contributed by atoms with Crippen molar-refractivity contribution in [3.05, 3.63) is 58.9 Å². The summed E-state index contributed by atoms with van der Waals surface area (Å²) in [6, 6.07) is 11.4. The third-order valence-electron chi connectivity index (χ3n) is 3.08. The van der Waals surface area contributed by atoms with E-state index in [0.717, 1.165) is 28.4 Å². The SMILES string of the molecule is Cc1cc(Cl)ccc1N=Nc1c(C)nc2ccccn12. The number of hydrogen-bond acceptors (Lipinski definition) is 3. The molecule has 3 aromatic rings. The zero-order valence-electron chi connectivity index (χ0n) is 11.2. The van der Waals surface area contributed by atoms with Gasteiger partial charge in [-0.15, -0.1) is 10.2 Å². The van der Waals surface area contributed by atoms with E-state index in [2.05, 4.69) is 15.2 Å². The standard InChI is InChI=1S/C15H13ClN4/c1-10-9-12(16)6-7-13(10)18-19-15-11(2)17-14-5-3-4-8-20(14)15/h3-9H,1-2H3. The van der Waals surface area contributed by atoms with E-state index < -0.39 is 0 Å². The monoisotopic (exact) mass is 284 g/mol. The lowest BCUT2D eigenvalue weighted by Crippen LogP contribution is -1.81. The zero-order chi connectivity index (χ0) is 14.1. The van der Waals surface area contributed by atoms with Gasteiger partial charge in [0.05, 0.1) is 11.4 Å². The van der Waals surface area contributed by atoms with E-state index in [1.807, 2.05) is 60.8 Å². The molecule has 0 aliphatic carbocycles. The van der Waals surface area contributed by atoms with Crippen LogP contribution in [0.2, 0.25) is 5.02 Å². The molecule has 2 heterocycles. The number of aromatic nitrogens is 2. The van der Waals surface area contributed by atoms with Crippen LogP contribution >= 0.6 is 11.6 Å². The molecular weight excluding hydrogens is 272 g/mol. The second-order valence-corrected chi connectivity index (χ2v) is 5.02. The Labute approximate surface area is 121 Å². The van der Waals surface area contributed by atoms with E-state index >= 15 is 0 Å². The molecule has 0 aliphatic rings. The van der Waals surface area contributed by atoms with Crippen LogP contribution in [-0.2, 0) is 0 Å². The van der Waals surface area contributed by atoms with Crippen molar-refractivity contribution in [2.45, 2.75) is 13.8 Å². The summed E-state index contributed by atoms with van der Waals surface area (Å²) in [5.41, 5.74) is 3.52. The van der Waals surface area contributed by atoms with Crippen LogP contribution in [0.4, 0.5) is 11.5 Å². The molecule has 0 fully saturated rings. The number of imidazole rings is 1. The normalized spacial score (nSPS) is 11.6. The molecule has 0 amide bonds. The third-order valence-corrected chi connectivity index (χ3v) is 3.32. The third kappa shape index (κ3) is 2.30. The van der Waals surface area contributed by atoms with E-state index in [1.54, 1.807) is 0 Å². The van der Waals surface area contributed by atoms with E-state index in [-0.39, 0.29) is 0 Å². The van der Waals surface area contributed by atoms with E-state index in [9.17, 15) is 0 Å². The first kappa shape index (κ1) is 12.8. The Balaban J connectivity index is 2.04. The molecule has 0 saturated heterocycles. The predicted molar refractivity (Wildman–Crippen MR) is 80.3 cm³/mol. The molecule has 0 aliphatic heterocycles. The second-order valence-electron chi connectivity index (χ2n) is 4.58. The Kier molecular flexibility index (Phi) is 3.24. The van der Waals surface area contributed by atoms with Gasteiger partial charge in [0.1, 0.15) is 5.65 Å². The number of azo groups is 1. The average Bonchev–Trinajstić information content (AvgIpc) is 2.74. The minimum absolute atomic E-state index is 0.701. The van der Waals surface area contributed by atoms with Crippen molar-refractivity contribution in [3.8, 4) is 0 Å². The fourth-order valence-corrected chi connectivity index (χ4v) is 2.28. The minimum Gasteiger partial charge on any atom is -0.283 e. The fraction of sp³-hybridized carbons (Fsp3) is 0.133. The summed E-state index contributed by atoms with van der Waals surface area (Å²) < 4.78 is 1.92. The van der Waals surface area contributed by atoms with Gasteiger partial charge in [0.2, 0.25) is 0 Å². The molecular formula is C15H13ClN4. The molecule has 5 heteroatoms. The number of halogens is 1. The first-order valence-corrected chi connectivity index (χ1v) is 6.64. The number of pyridine rings is 1. The van der Waals surface area contributed by atoms with Crippen LogP contribution in [0.15, 0.2) is 52.8 Å². The van der Waals surface area contributed by atoms with Gasteiger partial charge >= 0.3 is 0 Å². The molecule has 2 aromatic heterocycles. The molecule has 100 valence electrons. The van der Waals surface area contributed by atoms with Crippen molar-refractivity contribution in [1.29, 1.82) is 0 Å². The molecule has 0 bridgehead atoms. The van der Waals surface area contributed by atoms with Gasteiger partial charge in [-0.1, -0.05) is 17.7 Å². The molecule has 0 saturated carbocycles. The number of fused-ring (bicyclic) bond motifs is 1. The maximum Gasteiger partial charge on any atom is 0.182 e. The molecule has 4 nitrogen and oxygen atoms in total. The van der Waals surface area contributed by atoms with Crippen LogP contribution in [0.1, 0.15) is 11.3 Å². The largest absolute Gasteiger partial charge is 0.283 e. The van der Waals surface area contributed by atoms with Crippen LogP contribution in [0.3, 0.4) is 0 Å². The average molecular weight is 285 g/mol. The Morgan fingerprint density at radius 2 is 1.95 bits per heavy atom. The molecule has 3 rings (SSSR count). The molecule has 0 N–H and O–H groups in total. The van der Waals surface area contributed by atoms with Gasteiger partial charge < -0.3 is 0 Å². The quantitative estimate of drug-likeness (QED) is 0.609. The lowest BCUT2D eigenvalue weighted by atomic mass is 10.2. The summed E-state index contributed by atoms with van der Waals surface area (Å²) in [4.78, 5) is 4.45. The van der Waals surface area contributed by atoms with Crippen LogP contribution in [0.25, 0.3) is 5.65 Å². The highest BCUT2D eigenvalue weighted by atomic mass is 35.5. The maximum atomic E-state index is 5.93. The first-order valence-electron chi connectivity index (χ1n) is 6.27. The van der Waals surface area contributed by atoms with E-state index in [4.69, 9.17) is 11.6 Å². The van der Waals surface area contributed by atoms with Crippen molar-refractivity contribution in [1.82, 2.24) is 9.38 Å². The topological polar surface area (TPSA) is 42.0 Å². The number of aryl methyl sites for hydroxylation is 2. The van der Waals surface area contributed by atoms with Crippen LogP contribution < -0.4 is 0 Å². The highest BCUT2D eigenvalue weighted by Gasteiger charge is 2.07. The number of hydrogen-bond donors (Lipinski definition) is 0. The zero-order valence-corrected chi connectivity index (χ0v) is 12.0. The van der Waals surface area contributed by atoms with Crippen molar-refractivity contribution in [2.24, 2.45) is 10.2 Å². The van der Waals surface area contributed by atoms with Crippen LogP contribution in [0, 0.1) is 13.8 Å². The number of rotatable bonds is 2. The van der Waals surface area contributed by atoms with Gasteiger partial charge in [0, 0.05) is 11.2 Å². The predicted octanol–water partition coefficient (Wildman–Crippen LogP) is 5.02. The molecule has 0 radical (unpaired) electrons.